The fourth-order valence-electron chi connectivity index (χ4n) is 3.55. The standard InChI is InChI=1S/C19H27N5O2/c1-3-24(4-2)19(26)13-23-10-9-14(12-23)20-18(25)11-17-15-7-5-6-8-16(15)21-22-17/h5-8,14H,3-4,9-13H2,1-2H3,(H,20,25)(H,21,22)/t14-/m0/s1. The predicted molar refractivity (Wildman–Crippen MR) is 101 cm³/mol. The number of aromatic amines is 1. The van der Waals surface area contributed by atoms with Gasteiger partial charge in [0, 0.05) is 37.6 Å². The first kappa shape index (κ1) is 18.4. The number of hydrogen-bond acceptors (Lipinski definition) is 4. The Morgan fingerprint density at radius 2 is 2.08 bits per heavy atom. The first-order chi connectivity index (χ1) is 12.6. The van der Waals surface area contributed by atoms with Gasteiger partial charge in [0.25, 0.3) is 0 Å². The van der Waals surface area contributed by atoms with Gasteiger partial charge in [0.2, 0.25) is 11.8 Å². The van der Waals surface area contributed by atoms with Crippen molar-refractivity contribution >= 4 is 22.7 Å². The van der Waals surface area contributed by atoms with E-state index in [9.17, 15) is 9.59 Å². The zero-order valence-electron chi connectivity index (χ0n) is 15.5. The number of carbonyl (C=O) groups excluding carboxylic acids is 2. The van der Waals surface area contributed by atoms with E-state index in [-0.39, 0.29) is 24.3 Å². The number of likely N-dealkylation sites (tertiary alicyclic amines) is 1. The molecule has 7 nitrogen and oxygen atoms in total. The van der Waals surface area contributed by atoms with Gasteiger partial charge in [0.05, 0.1) is 24.2 Å². The number of likely N-dealkylation sites (N-methyl/N-ethyl adjacent to an activating group) is 1. The van der Waals surface area contributed by atoms with Crippen LogP contribution in [-0.2, 0) is 16.0 Å². The first-order valence-corrected chi connectivity index (χ1v) is 9.32. The van der Waals surface area contributed by atoms with E-state index in [4.69, 9.17) is 0 Å². The van der Waals surface area contributed by atoms with Crippen LogP contribution in [0.1, 0.15) is 26.0 Å². The molecule has 0 radical (unpaired) electrons. The van der Waals surface area contributed by atoms with E-state index < -0.39 is 0 Å². The summed E-state index contributed by atoms with van der Waals surface area (Å²) in [5, 5.41) is 11.3. The van der Waals surface area contributed by atoms with Crippen LogP contribution in [-0.4, -0.2) is 70.6 Å². The maximum absolute atomic E-state index is 12.4. The Morgan fingerprint density at radius 1 is 1.31 bits per heavy atom. The molecule has 1 aromatic heterocycles. The lowest BCUT2D eigenvalue weighted by Gasteiger charge is -2.22. The Morgan fingerprint density at radius 3 is 2.85 bits per heavy atom. The molecule has 1 aromatic carbocycles. The molecule has 2 aromatic rings. The summed E-state index contributed by atoms with van der Waals surface area (Å²) >= 11 is 0. The molecule has 0 unspecified atom stereocenters. The van der Waals surface area contributed by atoms with Crippen molar-refractivity contribution in [3.8, 4) is 0 Å². The second kappa shape index (κ2) is 8.31. The Kier molecular flexibility index (Phi) is 5.88. The van der Waals surface area contributed by atoms with Crippen molar-refractivity contribution in [3.05, 3.63) is 30.0 Å². The van der Waals surface area contributed by atoms with Crippen molar-refractivity contribution in [1.82, 2.24) is 25.3 Å². The third kappa shape index (κ3) is 4.22. The Hall–Kier alpha value is -2.41. The summed E-state index contributed by atoms with van der Waals surface area (Å²) in [7, 11) is 0. The molecule has 1 fully saturated rings. The highest BCUT2D eigenvalue weighted by atomic mass is 16.2. The van der Waals surface area contributed by atoms with Gasteiger partial charge in [-0.2, -0.15) is 5.10 Å². The van der Waals surface area contributed by atoms with Crippen LogP contribution in [0.3, 0.4) is 0 Å². The average molecular weight is 357 g/mol. The number of nitrogens with zero attached hydrogens (tertiary/aromatic N) is 3. The number of rotatable bonds is 7. The highest BCUT2D eigenvalue weighted by molar-refractivity contribution is 5.87. The Bertz CT molecular complexity index is 768. The number of para-hydroxylation sites is 1. The average Bonchev–Trinajstić information content (AvgIpc) is 3.23. The van der Waals surface area contributed by atoms with Gasteiger partial charge in [-0.1, -0.05) is 18.2 Å². The second-order valence-corrected chi connectivity index (χ2v) is 6.75. The lowest BCUT2D eigenvalue weighted by Crippen LogP contribution is -2.42. The minimum atomic E-state index is -0.0127. The molecule has 7 heteroatoms. The van der Waals surface area contributed by atoms with Gasteiger partial charge in [0.1, 0.15) is 0 Å². The van der Waals surface area contributed by atoms with Gasteiger partial charge in [-0.25, -0.2) is 0 Å². The quantitative estimate of drug-likeness (QED) is 0.779. The van der Waals surface area contributed by atoms with E-state index in [1.54, 1.807) is 0 Å². The summed E-state index contributed by atoms with van der Waals surface area (Å²) in [5.74, 6) is 0.146. The van der Waals surface area contributed by atoms with Crippen LogP contribution >= 0.6 is 0 Å². The topological polar surface area (TPSA) is 81.3 Å². The molecule has 3 rings (SSSR count). The third-order valence-corrected chi connectivity index (χ3v) is 4.99. The summed E-state index contributed by atoms with van der Waals surface area (Å²) < 4.78 is 0. The molecular formula is C19H27N5O2. The largest absolute Gasteiger partial charge is 0.352 e. The monoisotopic (exact) mass is 357 g/mol. The van der Waals surface area contributed by atoms with Crippen LogP contribution in [0.2, 0.25) is 0 Å². The predicted octanol–water partition coefficient (Wildman–Crippen LogP) is 1.16. The van der Waals surface area contributed by atoms with E-state index in [0.29, 0.717) is 6.54 Å². The molecule has 1 aliphatic heterocycles. The summed E-state index contributed by atoms with van der Waals surface area (Å²) in [6.45, 7) is 7.46. The molecule has 1 saturated heterocycles. The van der Waals surface area contributed by atoms with Crippen LogP contribution < -0.4 is 5.32 Å². The lowest BCUT2D eigenvalue weighted by molar-refractivity contribution is -0.131. The summed E-state index contributed by atoms with van der Waals surface area (Å²) in [6.07, 6.45) is 1.16. The zero-order valence-corrected chi connectivity index (χ0v) is 15.5. The first-order valence-electron chi connectivity index (χ1n) is 9.32. The van der Waals surface area contributed by atoms with Gasteiger partial charge in [-0.3, -0.25) is 19.6 Å². The summed E-state index contributed by atoms with van der Waals surface area (Å²) in [4.78, 5) is 28.6. The van der Waals surface area contributed by atoms with Crippen molar-refractivity contribution in [2.75, 3.05) is 32.7 Å². The van der Waals surface area contributed by atoms with Crippen LogP contribution in [0, 0.1) is 0 Å². The van der Waals surface area contributed by atoms with Gasteiger partial charge in [-0.05, 0) is 26.3 Å². The molecule has 1 atom stereocenters. The Balaban J connectivity index is 1.49. The lowest BCUT2D eigenvalue weighted by atomic mass is 10.1. The maximum Gasteiger partial charge on any atom is 0.236 e. The third-order valence-electron chi connectivity index (χ3n) is 4.99. The van der Waals surface area contributed by atoms with Crippen LogP contribution in [0.4, 0.5) is 0 Å². The highest BCUT2D eigenvalue weighted by Crippen LogP contribution is 2.16. The minimum absolute atomic E-state index is 0.0127. The highest BCUT2D eigenvalue weighted by Gasteiger charge is 2.26. The summed E-state index contributed by atoms with van der Waals surface area (Å²) in [6, 6.07) is 7.87. The fourth-order valence-corrected chi connectivity index (χ4v) is 3.55. The minimum Gasteiger partial charge on any atom is -0.352 e. The van der Waals surface area contributed by atoms with Crippen molar-refractivity contribution in [1.29, 1.82) is 0 Å². The van der Waals surface area contributed by atoms with Crippen molar-refractivity contribution in [3.63, 3.8) is 0 Å². The number of amides is 2. The molecule has 0 aliphatic carbocycles. The molecule has 2 amide bonds. The molecule has 2 heterocycles. The molecule has 0 saturated carbocycles. The molecule has 140 valence electrons. The molecular weight excluding hydrogens is 330 g/mol. The smallest absolute Gasteiger partial charge is 0.236 e. The van der Waals surface area contributed by atoms with E-state index in [1.165, 1.54) is 0 Å². The van der Waals surface area contributed by atoms with Crippen molar-refractivity contribution in [2.45, 2.75) is 32.7 Å². The maximum atomic E-state index is 12.4. The van der Waals surface area contributed by atoms with E-state index in [1.807, 2.05) is 43.0 Å². The molecule has 0 bridgehead atoms. The van der Waals surface area contributed by atoms with Crippen LogP contribution in [0.15, 0.2) is 24.3 Å². The number of benzene rings is 1. The van der Waals surface area contributed by atoms with Gasteiger partial charge < -0.3 is 10.2 Å². The van der Waals surface area contributed by atoms with Gasteiger partial charge in [0.15, 0.2) is 0 Å². The second-order valence-electron chi connectivity index (χ2n) is 6.75. The van der Waals surface area contributed by atoms with Crippen LogP contribution in [0.5, 0.6) is 0 Å². The zero-order chi connectivity index (χ0) is 18.5. The number of carbonyl (C=O) groups is 2. The van der Waals surface area contributed by atoms with Crippen molar-refractivity contribution in [2.24, 2.45) is 0 Å². The number of nitrogens with one attached hydrogen (secondary N) is 2. The van der Waals surface area contributed by atoms with Gasteiger partial charge in [-0.15, -0.1) is 0 Å². The number of hydrogen-bond donors (Lipinski definition) is 2. The van der Waals surface area contributed by atoms with Crippen LogP contribution in [0.25, 0.3) is 10.9 Å². The van der Waals surface area contributed by atoms with E-state index in [2.05, 4.69) is 20.4 Å². The number of aromatic nitrogens is 2. The van der Waals surface area contributed by atoms with E-state index >= 15 is 0 Å². The Labute approximate surface area is 153 Å². The molecule has 26 heavy (non-hydrogen) atoms. The molecule has 0 spiro atoms. The molecule has 2 N–H and O–H groups in total. The van der Waals surface area contributed by atoms with Crippen molar-refractivity contribution < 1.29 is 9.59 Å². The number of H-pyrrole nitrogens is 1. The fraction of sp³-hybridized carbons (Fsp3) is 0.526. The molecule has 1 aliphatic rings. The SMILES string of the molecule is CCN(CC)C(=O)CN1CC[C@H](NC(=O)Cc2[nH]nc3ccccc23)C1. The normalized spacial score (nSPS) is 17.5. The van der Waals surface area contributed by atoms with E-state index in [0.717, 1.165) is 49.2 Å². The van der Waals surface area contributed by atoms with Gasteiger partial charge >= 0.3 is 0 Å². The number of fused-ring (bicyclic) bond motifs is 1. The summed E-state index contributed by atoms with van der Waals surface area (Å²) in [5.41, 5.74) is 1.71.